The third-order valence-electron chi connectivity index (χ3n) is 5.18. The molecule has 7 nitrogen and oxygen atoms in total. The second-order valence-corrected chi connectivity index (χ2v) is 7.18. The van der Waals surface area contributed by atoms with Gasteiger partial charge in [0.15, 0.2) is 0 Å². The van der Waals surface area contributed by atoms with Crippen molar-refractivity contribution in [3.05, 3.63) is 18.6 Å². The summed E-state index contributed by atoms with van der Waals surface area (Å²) < 4.78 is 0. The van der Waals surface area contributed by atoms with Crippen LogP contribution in [0, 0.1) is 0 Å². The van der Waals surface area contributed by atoms with Crippen LogP contribution in [-0.4, -0.2) is 76.5 Å². The summed E-state index contributed by atoms with van der Waals surface area (Å²) in [4.78, 5) is 31.1. The van der Waals surface area contributed by atoms with Crippen LogP contribution in [-0.2, 0) is 4.79 Å². The highest BCUT2D eigenvalue weighted by Crippen LogP contribution is 2.45. The summed E-state index contributed by atoms with van der Waals surface area (Å²) in [6.45, 7) is 3.29. The predicted octanol–water partition coefficient (Wildman–Crippen LogP) is 1.09. The fraction of sp³-hybridized carbons (Fsp3) is 0.588. The van der Waals surface area contributed by atoms with E-state index in [1.165, 1.54) is 0 Å². The molecule has 2 aromatic rings. The smallest absolute Gasteiger partial charge is 0.224 e. The van der Waals surface area contributed by atoms with E-state index in [9.17, 15) is 4.79 Å². The standard InChI is InChI=1S/C17H24N6O/c1-21(2)8-4-14(24)23-10-9-22(11-17(23)5-6-17)16-13-3-7-18-15(13)19-12-20-16/h3,7,12H,4-6,8-11H2,1-2H3,(H,18,19,20). The minimum Gasteiger partial charge on any atom is -0.352 e. The zero-order valence-electron chi connectivity index (χ0n) is 14.3. The molecular weight excluding hydrogens is 304 g/mol. The molecule has 0 bridgehead atoms. The molecule has 1 aliphatic carbocycles. The van der Waals surface area contributed by atoms with Crippen LogP contribution in [0.4, 0.5) is 5.82 Å². The minimum absolute atomic E-state index is 0.0230. The molecule has 2 aliphatic rings. The third-order valence-corrected chi connectivity index (χ3v) is 5.18. The van der Waals surface area contributed by atoms with Crippen molar-refractivity contribution < 1.29 is 4.79 Å². The molecular formula is C17H24N6O. The SMILES string of the molecule is CN(C)CCC(=O)N1CCN(c2ncnc3[nH]ccc23)CC12CC2. The maximum atomic E-state index is 12.6. The maximum Gasteiger partial charge on any atom is 0.224 e. The Morgan fingerprint density at radius 1 is 1.33 bits per heavy atom. The van der Waals surface area contributed by atoms with Crippen LogP contribution in [0.2, 0.25) is 0 Å². The maximum absolute atomic E-state index is 12.6. The van der Waals surface area contributed by atoms with E-state index in [2.05, 4.69) is 29.7 Å². The molecule has 0 unspecified atom stereocenters. The highest BCUT2D eigenvalue weighted by atomic mass is 16.2. The van der Waals surface area contributed by atoms with Crippen LogP contribution >= 0.6 is 0 Å². The van der Waals surface area contributed by atoms with Crippen LogP contribution in [0.15, 0.2) is 18.6 Å². The summed E-state index contributed by atoms with van der Waals surface area (Å²) in [6.07, 6.45) is 6.31. The van der Waals surface area contributed by atoms with E-state index in [4.69, 9.17) is 0 Å². The molecule has 3 heterocycles. The van der Waals surface area contributed by atoms with Gasteiger partial charge in [0.25, 0.3) is 0 Å². The van der Waals surface area contributed by atoms with Gasteiger partial charge in [-0.15, -0.1) is 0 Å². The largest absolute Gasteiger partial charge is 0.352 e. The number of aromatic amines is 1. The van der Waals surface area contributed by atoms with Crippen molar-refractivity contribution in [2.24, 2.45) is 0 Å². The Morgan fingerprint density at radius 3 is 2.92 bits per heavy atom. The molecule has 4 rings (SSSR count). The van der Waals surface area contributed by atoms with E-state index in [1.54, 1.807) is 6.33 Å². The number of hydrogen-bond donors (Lipinski definition) is 1. The van der Waals surface area contributed by atoms with Crippen molar-refractivity contribution in [1.29, 1.82) is 0 Å². The Balaban J connectivity index is 1.52. The van der Waals surface area contributed by atoms with Crippen LogP contribution in [0.25, 0.3) is 11.0 Å². The number of hydrogen-bond acceptors (Lipinski definition) is 5. The molecule has 0 aromatic carbocycles. The second kappa shape index (κ2) is 5.73. The molecule has 1 amide bonds. The first kappa shape index (κ1) is 15.4. The average molecular weight is 328 g/mol. The highest BCUT2D eigenvalue weighted by molar-refractivity contribution is 5.87. The number of carbonyl (C=O) groups is 1. The third kappa shape index (κ3) is 2.62. The number of aromatic nitrogens is 3. The summed E-state index contributed by atoms with van der Waals surface area (Å²) in [6, 6.07) is 2.03. The number of piperazine rings is 1. The van der Waals surface area contributed by atoms with Gasteiger partial charge in [0, 0.05) is 38.8 Å². The van der Waals surface area contributed by atoms with Gasteiger partial charge in [0.2, 0.25) is 5.91 Å². The molecule has 0 radical (unpaired) electrons. The van der Waals surface area contributed by atoms with Crippen LogP contribution in [0.3, 0.4) is 0 Å². The number of nitrogens with zero attached hydrogens (tertiary/aromatic N) is 5. The average Bonchev–Trinajstić information content (AvgIpc) is 3.15. The normalized spacial score (nSPS) is 19.5. The number of nitrogens with one attached hydrogen (secondary N) is 1. The molecule has 2 fully saturated rings. The van der Waals surface area contributed by atoms with Gasteiger partial charge in [0.05, 0.1) is 10.9 Å². The van der Waals surface area contributed by atoms with Crippen molar-refractivity contribution >= 4 is 22.8 Å². The molecule has 1 aliphatic heterocycles. The molecule has 128 valence electrons. The summed E-state index contributed by atoms with van der Waals surface area (Å²) in [5.74, 6) is 1.27. The Morgan fingerprint density at radius 2 is 2.17 bits per heavy atom. The van der Waals surface area contributed by atoms with Crippen LogP contribution < -0.4 is 4.90 Å². The van der Waals surface area contributed by atoms with Gasteiger partial charge in [-0.25, -0.2) is 9.97 Å². The monoisotopic (exact) mass is 328 g/mol. The number of rotatable bonds is 4. The van der Waals surface area contributed by atoms with E-state index in [0.717, 1.165) is 55.9 Å². The first-order chi connectivity index (χ1) is 11.6. The predicted molar refractivity (Wildman–Crippen MR) is 93.0 cm³/mol. The van der Waals surface area contributed by atoms with Gasteiger partial charge in [-0.1, -0.05) is 0 Å². The van der Waals surface area contributed by atoms with E-state index < -0.39 is 0 Å². The lowest BCUT2D eigenvalue weighted by Gasteiger charge is -2.43. The molecule has 0 atom stereocenters. The van der Waals surface area contributed by atoms with Gasteiger partial charge < -0.3 is 19.7 Å². The zero-order chi connectivity index (χ0) is 16.7. The molecule has 1 saturated carbocycles. The second-order valence-electron chi connectivity index (χ2n) is 7.18. The van der Waals surface area contributed by atoms with Crippen molar-refractivity contribution in [1.82, 2.24) is 24.8 Å². The van der Waals surface area contributed by atoms with E-state index in [-0.39, 0.29) is 11.4 Å². The summed E-state index contributed by atoms with van der Waals surface area (Å²) in [5.41, 5.74) is 0.893. The quantitative estimate of drug-likeness (QED) is 0.910. The first-order valence-electron chi connectivity index (χ1n) is 8.57. The van der Waals surface area contributed by atoms with E-state index in [1.807, 2.05) is 26.4 Å². The molecule has 1 spiro atoms. The van der Waals surface area contributed by atoms with Crippen molar-refractivity contribution in [2.45, 2.75) is 24.8 Å². The van der Waals surface area contributed by atoms with Crippen LogP contribution in [0.5, 0.6) is 0 Å². The first-order valence-corrected chi connectivity index (χ1v) is 8.57. The van der Waals surface area contributed by atoms with Gasteiger partial charge in [0.1, 0.15) is 17.8 Å². The molecule has 7 heteroatoms. The van der Waals surface area contributed by atoms with Crippen molar-refractivity contribution in [3.8, 4) is 0 Å². The van der Waals surface area contributed by atoms with Crippen molar-refractivity contribution in [2.75, 3.05) is 45.2 Å². The number of carbonyl (C=O) groups excluding carboxylic acids is 1. The topological polar surface area (TPSA) is 68.4 Å². The zero-order valence-corrected chi connectivity index (χ0v) is 14.3. The minimum atomic E-state index is 0.0230. The molecule has 1 N–H and O–H groups in total. The lowest BCUT2D eigenvalue weighted by Crippen LogP contribution is -2.57. The molecule has 1 saturated heterocycles. The Bertz CT molecular complexity index is 750. The fourth-order valence-electron chi connectivity index (χ4n) is 3.68. The van der Waals surface area contributed by atoms with Crippen molar-refractivity contribution in [3.63, 3.8) is 0 Å². The lowest BCUT2D eigenvalue weighted by molar-refractivity contribution is -0.135. The van der Waals surface area contributed by atoms with Crippen LogP contribution in [0.1, 0.15) is 19.3 Å². The fourth-order valence-corrected chi connectivity index (χ4v) is 3.68. The number of fused-ring (bicyclic) bond motifs is 1. The number of amides is 1. The molecule has 2 aromatic heterocycles. The summed E-state index contributed by atoms with van der Waals surface area (Å²) in [5, 5.41) is 1.06. The summed E-state index contributed by atoms with van der Waals surface area (Å²) >= 11 is 0. The summed E-state index contributed by atoms with van der Waals surface area (Å²) in [7, 11) is 4.02. The lowest BCUT2D eigenvalue weighted by atomic mass is 10.1. The van der Waals surface area contributed by atoms with E-state index >= 15 is 0 Å². The highest BCUT2D eigenvalue weighted by Gasteiger charge is 2.53. The Kier molecular flexibility index (Phi) is 3.68. The Hall–Kier alpha value is -2.15. The molecule has 24 heavy (non-hydrogen) atoms. The van der Waals surface area contributed by atoms with Gasteiger partial charge in [-0.05, 0) is 33.0 Å². The van der Waals surface area contributed by atoms with Gasteiger partial charge >= 0.3 is 0 Å². The van der Waals surface area contributed by atoms with E-state index in [0.29, 0.717) is 6.42 Å². The van der Waals surface area contributed by atoms with Gasteiger partial charge in [-0.2, -0.15) is 0 Å². The van der Waals surface area contributed by atoms with Gasteiger partial charge in [-0.3, -0.25) is 4.79 Å². The number of anilines is 1. The Labute approximate surface area is 141 Å². The number of H-pyrrole nitrogens is 1.